The number of ether oxygens (including phenoxy) is 1. The molecule has 2 aromatic rings. The number of furan rings is 1. The van der Waals surface area contributed by atoms with Crippen molar-refractivity contribution in [2.75, 3.05) is 51.3 Å². The maximum atomic E-state index is 14.1. The van der Waals surface area contributed by atoms with Gasteiger partial charge in [0.1, 0.15) is 23.0 Å². The molecule has 0 saturated carbocycles. The monoisotopic (exact) mass is 613 g/mol. The summed E-state index contributed by atoms with van der Waals surface area (Å²) in [6.45, 7) is 14.9. The summed E-state index contributed by atoms with van der Waals surface area (Å²) in [5.74, 6) is 2.02. The first kappa shape index (κ1) is 34.6. The van der Waals surface area contributed by atoms with Crippen LogP contribution >= 0.6 is 24.8 Å². The van der Waals surface area contributed by atoms with Crippen LogP contribution in [-0.2, 0) is 16.7 Å². The number of morpholine rings is 1. The van der Waals surface area contributed by atoms with Gasteiger partial charge in [-0.05, 0) is 24.5 Å². The van der Waals surface area contributed by atoms with Crippen molar-refractivity contribution in [3.05, 3.63) is 41.7 Å². The molecule has 41 heavy (non-hydrogen) atoms. The summed E-state index contributed by atoms with van der Waals surface area (Å²) in [4.78, 5) is 40.0. The van der Waals surface area contributed by atoms with E-state index >= 15 is 0 Å². The predicted octanol–water partition coefficient (Wildman–Crippen LogP) is 3.69. The zero-order valence-corrected chi connectivity index (χ0v) is 26.3. The second-order valence-corrected chi connectivity index (χ2v) is 11.8. The molecular formula is C28H45Cl2N7O4. The number of carbonyl (C=O) groups is 2. The molecule has 0 unspecified atom stereocenters. The highest BCUT2D eigenvalue weighted by Gasteiger charge is 2.34. The van der Waals surface area contributed by atoms with Gasteiger partial charge in [0.05, 0.1) is 26.0 Å². The highest BCUT2D eigenvalue weighted by Crippen LogP contribution is 2.25. The van der Waals surface area contributed by atoms with Gasteiger partial charge in [-0.25, -0.2) is 14.8 Å². The van der Waals surface area contributed by atoms with E-state index in [1.54, 1.807) is 17.4 Å². The lowest BCUT2D eigenvalue weighted by atomic mass is 9.95. The fraction of sp³-hybridized carbons (Fsp3) is 0.643. The van der Waals surface area contributed by atoms with Crippen molar-refractivity contribution in [2.24, 2.45) is 5.92 Å². The van der Waals surface area contributed by atoms with Crippen LogP contribution in [0.5, 0.6) is 0 Å². The van der Waals surface area contributed by atoms with Crippen molar-refractivity contribution in [1.82, 2.24) is 30.4 Å². The molecule has 4 heterocycles. The molecular weight excluding hydrogens is 569 g/mol. The van der Waals surface area contributed by atoms with Crippen LogP contribution in [0.15, 0.2) is 29.0 Å². The fourth-order valence-electron chi connectivity index (χ4n) is 4.86. The van der Waals surface area contributed by atoms with E-state index < -0.39 is 0 Å². The molecule has 2 aliphatic heterocycles. The normalized spacial score (nSPS) is 19.1. The average molecular weight is 615 g/mol. The Morgan fingerprint density at radius 1 is 1.20 bits per heavy atom. The quantitative estimate of drug-likeness (QED) is 0.412. The maximum absolute atomic E-state index is 14.1. The van der Waals surface area contributed by atoms with Crippen LogP contribution in [-0.4, -0.2) is 89.7 Å². The summed E-state index contributed by atoms with van der Waals surface area (Å²) < 4.78 is 10.8. The fourth-order valence-corrected chi connectivity index (χ4v) is 4.86. The van der Waals surface area contributed by atoms with E-state index in [0.717, 1.165) is 5.76 Å². The smallest absolute Gasteiger partial charge is 0.317 e. The van der Waals surface area contributed by atoms with Gasteiger partial charge in [0.2, 0.25) is 0 Å². The third kappa shape index (κ3) is 9.46. The number of anilines is 1. The first-order valence-electron chi connectivity index (χ1n) is 13.9. The Morgan fingerprint density at radius 2 is 1.93 bits per heavy atom. The van der Waals surface area contributed by atoms with Crippen LogP contribution in [0.25, 0.3) is 0 Å². The molecule has 13 heteroatoms. The number of halogens is 2. The number of carbonyl (C=O) groups excluding carboxylic acids is 2. The van der Waals surface area contributed by atoms with E-state index in [1.807, 2.05) is 37.8 Å². The number of rotatable bonds is 8. The first-order valence-corrected chi connectivity index (χ1v) is 13.9. The summed E-state index contributed by atoms with van der Waals surface area (Å²) in [7, 11) is 0. The molecule has 0 bridgehead atoms. The summed E-state index contributed by atoms with van der Waals surface area (Å²) in [6, 6.07) is 3.45. The maximum Gasteiger partial charge on any atom is 0.317 e. The van der Waals surface area contributed by atoms with Crippen LogP contribution in [0, 0.1) is 5.92 Å². The lowest BCUT2D eigenvalue weighted by molar-refractivity contribution is 0.0504. The van der Waals surface area contributed by atoms with E-state index in [-0.39, 0.29) is 60.2 Å². The molecule has 0 aliphatic carbocycles. The largest absolute Gasteiger partial charge is 0.467 e. The van der Waals surface area contributed by atoms with Crippen molar-refractivity contribution >= 4 is 42.6 Å². The van der Waals surface area contributed by atoms with Gasteiger partial charge in [0.25, 0.3) is 5.91 Å². The average Bonchev–Trinajstić information content (AvgIpc) is 3.44. The Balaban J connectivity index is 0.00000294. The van der Waals surface area contributed by atoms with Crippen molar-refractivity contribution in [1.29, 1.82) is 0 Å². The minimum atomic E-state index is -0.278. The van der Waals surface area contributed by atoms with E-state index in [0.29, 0.717) is 76.1 Å². The second kappa shape index (κ2) is 15.6. The molecule has 0 spiro atoms. The predicted molar refractivity (Wildman–Crippen MR) is 163 cm³/mol. The third-order valence-corrected chi connectivity index (χ3v) is 6.92. The zero-order valence-electron chi connectivity index (χ0n) is 24.6. The summed E-state index contributed by atoms with van der Waals surface area (Å²) in [5, 5.41) is 9.90. The Bertz CT molecular complexity index is 1110. The molecule has 2 saturated heterocycles. The van der Waals surface area contributed by atoms with Crippen molar-refractivity contribution in [2.45, 2.75) is 65.1 Å². The summed E-state index contributed by atoms with van der Waals surface area (Å²) in [5.41, 5.74) is 0.147. The van der Waals surface area contributed by atoms with Gasteiger partial charge in [-0.3, -0.25) is 4.79 Å². The van der Waals surface area contributed by atoms with Gasteiger partial charge in [-0.2, -0.15) is 0 Å². The zero-order chi connectivity index (χ0) is 28.0. The van der Waals surface area contributed by atoms with Gasteiger partial charge in [0.15, 0.2) is 0 Å². The molecule has 2 atom stereocenters. The van der Waals surface area contributed by atoms with Gasteiger partial charge < -0.3 is 34.9 Å². The number of amides is 3. The Hall–Kier alpha value is -2.60. The van der Waals surface area contributed by atoms with Crippen LogP contribution in [0.4, 0.5) is 10.6 Å². The second-order valence-electron chi connectivity index (χ2n) is 11.8. The molecule has 230 valence electrons. The van der Waals surface area contributed by atoms with Crippen LogP contribution in [0.3, 0.4) is 0 Å². The Labute approximate surface area is 255 Å². The topological polar surface area (TPSA) is 125 Å². The van der Waals surface area contributed by atoms with E-state index in [4.69, 9.17) is 14.1 Å². The number of urea groups is 1. The lowest BCUT2D eigenvalue weighted by Gasteiger charge is -2.40. The molecule has 11 nitrogen and oxygen atoms in total. The van der Waals surface area contributed by atoms with Gasteiger partial charge in [-0.15, -0.1) is 24.8 Å². The number of piperidine rings is 1. The number of hydrogen-bond acceptors (Lipinski definition) is 8. The molecule has 0 aromatic carbocycles. The van der Waals surface area contributed by atoms with E-state index in [2.05, 4.69) is 34.8 Å². The Kier molecular flexibility index (Phi) is 13.1. The number of hydrogen-bond donors (Lipinski definition) is 3. The lowest BCUT2D eigenvalue weighted by Crippen LogP contribution is -2.59. The SMILES string of the molecule is CC(C)CN(C(=O)c1cnc(C(C)(C)C)nc1NCc1ccco1)[C@@H]1CNC[C@H](NC(=O)N2CCOCC2)C1.Cl.Cl. The first-order chi connectivity index (χ1) is 18.6. The highest BCUT2D eigenvalue weighted by atomic mass is 35.5. The summed E-state index contributed by atoms with van der Waals surface area (Å²) in [6.07, 6.45) is 3.93. The van der Waals surface area contributed by atoms with Crippen LogP contribution in [0.1, 0.15) is 63.0 Å². The number of nitrogens with one attached hydrogen (secondary N) is 3. The molecule has 2 fully saturated rings. The van der Waals surface area contributed by atoms with Crippen molar-refractivity contribution in [3.8, 4) is 0 Å². The minimum Gasteiger partial charge on any atom is -0.467 e. The van der Waals surface area contributed by atoms with Crippen molar-refractivity contribution in [3.63, 3.8) is 0 Å². The van der Waals surface area contributed by atoms with E-state index in [1.165, 1.54) is 0 Å². The Morgan fingerprint density at radius 3 is 2.56 bits per heavy atom. The molecule has 0 radical (unpaired) electrons. The van der Waals surface area contributed by atoms with E-state index in [9.17, 15) is 9.59 Å². The number of nitrogens with zero attached hydrogens (tertiary/aromatic N) is 4. The van der Waals surface area contributed by atoms with Gasteiger partial charge >= 0.3 is 6.03 Å². The third-order valence-electron chi connectivity index (χ3n) is 6.92. The molecule has 2 aliphatic rings. The van der Waals surface area contributed by atoms with Crippen molar-refractivity contribution < 1.29 is 18.7 Å². The highest BCUT2D eigenvalue weighted by molar-refractivity contribution is 5.98. The minimum absolute atomic E-state index is 0. The molecule has 2 aromatic heterocycles. The van der Waals surface area contributed by atoms with Crippen LogP contribution in [0.2, 0.25) is 0 Å². The summed E-state index contributed by atoms with van der Waals surface area (Å²) >= 11 is 0. The molecule has 3 N–H and O–H groups in total. The van der Waals surface area contributed by atoms with Gasteiger partial charge in [-0.1, -0.05) is 34.6 Å². The van der Waals surface area contributed by atoms with Crippen LogP contribution < -0.4 is 16.0 Å². The van der Waals surface area contributed by atoms with Gasteiger partial charge in [0, 0.05) is 56.4 Å². The number of aromatic nitrogens is 2. The molecule has 3 amide bonds. The standard InChI is InChI=1S/C28H43N7O4.2ClH/c1-19(2)18-35(21-13-20(14-29-15-21)32-27(37)34-8-11-38-12-9-34)25(36)23-17-31-26(28(3,4)5)33-24(23)30-16-22-7-6-10-39-22;;/h6-7,10,17,19-21,29H,8-9,11-16,18H2,1-5H3,(H,32,37)(H,30,31,33);2*1H/t20-,21+;;/m1../s1. The molecule has 4 rings (SSSR count).